The third-order valence-corrected chi connectivity index (χ3v) is 5.68. The Hall–Kier alpha value is -2.49. The van der Waals surface area contributed by atoms with Crippen LogP contribution in [0.1, 0.15) is 48.9 Å². The van der Waals surface area contributed by atoms with E-state index in [4.69, 9.17) is 16.7 Å². The van der Waals surface area contributed by atoms with E-state index >= 15 is 0 Å². The molecule has 1 fully saturated rings. The number of carbonyl (C=O) groups excluding carboxylic acids is 1. The number of nitrogens with zero attached hydrogens (tertiary/aromatic N) is 3. The van der Waals surface area contributed by atoms with E-state index in [9.17, 15) is 19.5 Å². The molecule has 162 valence electrons. The van der Waals surface area contributed by atoms with E-state index in [2.05, 4.69) is 10.4 Å². The number of nitrogens with one attached hydrogen (secondary N) is 1. The molecular formula is C20H25ClN4O5. The number of hydrogen-bond donors (Lipinski definition) is 3. The zero-order valence-electron chi connectivity index (χ0n) is 16.5. The van der Waals surface area contributed by atoms with Crippen molar-refractivity contribution in [3.63, 3.8) is 0 Å². The molecule has 1 aliphatic carbocycles. The fourth-order valence-electron chi connectivity index (χ4n) is 3.69. The molecule has 1 aromatic heterocycles. The van der Waals surface area contributed by atoms with Gasteiger partial charge in [0, 0.05) is 5.92 Å². The van der Waals surface area contributed by atoms with Gasteiger partial charge in [0.15, 0.2) is 0 Å². The van der Waals surface area contributed by atoms with Crippen molar-refractivity contribution < 1.29 is 15.0 Å². The van der Waals surface area contributed by atoms with E-state index in [1.165, 1.54) is 18.2 Å². The monoisotopic (exact) mass is 436 g/mol. The average molecular weight is 437 g/mol. The van der Waals surface area contributed by atoms with E-state index in [0.29, 0.717) is 0 Å². The van der Waals surface area contributed by atoms with Crippen LogP contribution in [0.5, 0.6) is 0 Å². The summed E-state index contributed by atoms with van der Waals surface area (Å²) in [4.78, 5) is 37.1. The number of aliphatic hydroxyl groups is 2. The first-order valence-corrected chi connectivity index (χ1v) is 10.4. The molecule has 0 aliphatic heterocycles. The third kappa shape index (κ3) is 4.97. The Morgan fingerprint density at radius 1 is 1.23 bits per heavy atom. The van der Waals surface area contributed by atoms with Crippen LogP contribution in [0.2, 0.25) is 5.02 Å². The molecule has 0 radical (unpaired) electrons. The molecular weight excluding hydrogens is 412 g/mol. The lowest BCUT2D eigenvalue weighted by Gasteiger charge is -2.22. The molecule has 0 spiro atoms. The smallest absolute Gasteiger partial charge is 0.352 e. The second kappa shape index (κ2) is 10.0. The fourth-order valence-corrected chi connectivity index (χ4v) is 3.90. The summed E-state index contributed by atoms with van der Waals surface area (Å²) in [5, 5.41) is 26.1. The maximum absolute atomic E-state index is 12.7. The Bertz CT molecular complexity index is 1010. The van der Waals surface area contributed by atoms with Crippen molar-refractivity contribution in [2.24, 2.45) is 5.92 Å². The molecule has 1 atom stereocenters. The average Bonchev–Trinajstić information content (AvgIpc) is 3.01. The van der Waals surface area contributed by atoms with Crippen molar-refractivity contribution in [1.82, 2.24) is 19.7 Å². The van der Waals surface area contributed by atoms with Crippen LogP contribution >= 0.6 is 11.6 Å². The second-order valence-corrected chi connectivity index (χ2v) is 7.79. The molecule has 2 aromatic rings. The van der Waals surface area contributed by atoms with Crippen LogP contribution in [0.15, 0.2) is 34.0 Å². The number of carbonyl (C=O) groups is 1. The third-order valence-electron chi connectivity index (χ3n) is 5.35. The van der Waals surface area contributed by atoms with E-state index in [0.717, 1.165) is 54.0 Å². The highest BCUT2D eigenvalue weighted by Gasteiger charge is 2.24. The van der Waals surface area contributed by atoms with Crippen LogP contribution in [-0.4, -0.2) is 43.3 Å². The van der Waals surface area contributed by atoms with Gasteiger partial charge >= 0.3 is 5.69 Å². The molecule has 1 saturated carbocycles. The minimum absolute atomic E-state index is 0.00951. The van der Waals surface area contributed by atoms with Gasteiger partial charge in [-0.2, -0.15) is 9.78 Å². The molecule has 1 heterocycles. The molecule has 30 heavy (non-hydrogen) atoms. The highest BCUT2D eigenvalue weighted by molar-refractivity contribution is 6.33. The van der Waals surface area contributed by atoms with E-state index in [1.54, 1.807) is 0 Å². The summed E-state index contributed by atoms with van der Waals surface area (Å²) < 4.78 is 1.79. The zero-order valence-corrected chi connectivity index (χ0v) is 17.2. The topological polar surface area (TPSA) is 126 Å². The molecule has 1 aliphatic rings. The Labute approximate surface area is 177 Å². The van der Waals surface area contributed by atoms with Gasteiger partial charge in [-0.3, -0.25) is 14.2 Å². The van der Waals surface area contributed by atoms with Gasteiger partial charge in [-0.1, -0.05) is 37.3 Å². The summed E-state index contributed by atoms with van der Waals surface area (Å²) in [6.07, 6.45) is 5.97. The first kappa shape index (κ1) is 22.2. The van der Waals surface area contributed by atoms with Crippen LogP contribution in [0.3, 0.4) is 0 Å². The lowest BCUT2D eigenvalue weighted by atomic mass is 9.98. The summed E-state index contributed by atoms with van der Waals surface area (Å²) in [5.74, 6) is -0.569. The predicted molar refractivity (Wildman–Crippen MR) is 111 cm³/mol. The van der Waals surface area contributed by atoms with Crippen LogP contribution < -0.4 is 16.6 Å². The SMILES string of the molecule is O=C(NC(O)C1CCCCCC1)c1cc(-n2ncc(=O)n(CCO)c2=O)ccc1Cl. The number of rotatable bonds is 6. The Kier molecular flexibility index (Phi) is 7.41. The number of hydrogen-bond acceptors (Lipinski definition) is 6. The summed E-state index contributed by atoms with van der Waals surface area (Å²) in [6, 6.07) is 4.31. The number of aromatic nitrogens is 3. The first-order chi connectivity index (χ1) is 14.4. The molecule has 3 rings (SSSR count). The standard InChI is InChI=1S/C20H25ClN4O5/c21-16-8-7-14(25-20(30)24(9-10-26)17(27)12-22-25)11-15(16)19(29)23-18(28)13-5-3-1-2-4-6-13/h7-8,11-13,18,26,28H,1-6,9-10H2,(H,23,29). The fraction of sp³-hybridized carbons (Fsp3) is 0.500. The molecule has 10 heteroatoms. The van der Waals surface area contributed by atoms with Crippen LogP contribution in [0, 0.1) is 5.92 Å². The van der Waals surface area contributed by atoms with Crippen LogP contribution in [0.25, 0.3) is 5.69 Å². The van der Waals surface area contributed by atoms with Crippen molar-refractivity contribution in [2.75, 3.05) is 6.61 Å². The highest BCUT2D eigenvalue weighted by Crippen LogP contribution is 2.25. The van der Waals surface area contributed by atoms with E-state index in [-0.39, 0.29) is 35.3 Å². The van der Waals surface area contributed by atoms with Gasteiger partial charge in [-0.15, -0.1) is 0 Å². The van der Waals surface area contributed by atoms with Gasteiger partial charge in [-0.05, 0) is 31.0 Å². The first-order valence-electron chi connectivity index (χ1n) is 10.0. The van der Waals surface area contributed by atoms with Gasteiger partial charge in [0.05, 0.1) is 29.4 Å². The van der Waals surface area contributed by atoms with Gasteiger partial charge in [-0.25, -0.2) is 4.79 Å². The summed E-state index contributed by atoms with van der Waals surface area (Å²) in [7, 11) is 0. The number of halogens is 1. The van der Waals surface area contributed by atoms with Gasteiger partial charge in [0.1, 0.15) is 12.4 Å². The van der Waals surface area contributed by atoms with Crippen molar-refractivity contribution in [3.8, 4) is 5.69 Å². The number of amides is 1. The van der Waals surface area contributed by atoms with E-state index in [1.807, 2.05) is 0 Å². The molecule has 0 saturated heterocycles. The minimum atomic E-state index is -0.984. The van der Waals surface area contributed by atoms with Gasteiger partial charge in [0.25, 0.3) is 11.5 Å². The zero-order chi connectivity index (χ0) is 21.7. The summed E-state index contributed by atoms with van der Waals surface area (Å²) in [5.41, 5.74) is -1.08. The summed E-state index contributed by atoms with van der Waals surface area (Å²) >= 11 is 6.18. The van der Waals surface area contributed by atoms with Crippen LogP contribution in [-0.2, 0) is 6.54 Å². The predicted octanol–water partition coefficient (Wildman–Crippen LogP) is 1.06. The Morgan fingerprint density at radius 3 is 2.60 bits per heavy atom. The normalized spacial score (nSPS) is 16.1. The second-order valence-electron chi connectivity index (χ2n) is 7.39. The van der Waals surface area contributed by atoms with Crippen LogP contribution in [0.4, 0.5) is 0 Å². The molecule has 3 N–H and O–H groups in total. The van der Waals surface area contributed by atoms with Crippen molar-refractivity contribution in [3.05, 3.63) is 55.8 Å². The highest BCUT2D eigenvalue weighted by atomic mass is 35.5. The number of benzene rings is 1. The van der Waals surface area contributed by atoms with Crippen molar-refractivity contribution in [2.45, 2.75) is 51.3 Å². The minimum Gasteiger partial charge on any atom is -0.395 e. The van der Waals surface area contributed by atoms with E-state index < -0.39 is 23.4 Å². The molecule has 0 bridgehead atoms. The lowest BCUT2D eigenvalue weighted by molar-refractivity contribution is 0.0532. The largest absolute Gasteiger partial charge is 0.395 e. The maximum atomic E-state index is 12.7. The quantitative estimate of drug-likeness (QED) is 0.459. The molecule has 1 aromatic carbocycles. The molecule has 9 nitrogen and oxygen atoms in total. The maximum Gasteiger partial charge on any atom is 0.352 e. The van der Waals surface area contributed by atoms with Crippen molar-refractivity contribution in [1.29, 1.82) is 0 Å². The van der Waals surface area contributed by atoms with Gasteiger partial charge in [0.2, 0.25) is 0 Å². The Morgan fingerprint density at radius 2 is 1.93 bits per heavy atom. The molecule has 1 amide bonds. The Balaban J connectivity index is 1.87. The van der Waals surface area contributed by atoms with Crippen molar-refractivity contribution >= 4 is 17.5 Å². The number of aliphatic hydroxyl groups excluding tert-OH is 2. The summed E-state index contributed by atoms with van der Waals surface area (Å²) in [6.45, 7) is -0.554. The lowest BCUT2D eigenvalue weighted by Crippen LogP contribution is -2.41. The van der Waals surface area contributed by atoms with Gasteiger partial charge < -0.3 is 15.5 Å². The molecule has 1 unspecified atom stereocenters.